The molecular formula is C14H15NO3. The second-order valence-electron chi connectivity index (χ2n) is 4.98. The van der Waals surface area contributed by atoms with Crippen molar-refractivity contribution >= 4 is 17.6 Å². The van der Waals surface area contributed by atoms with Crippen molar-refractivity contribution in [2.24, 2.45) is 5.92 Å². The van der Waals surface area contributed by atoms with Gasteiger partial charge in [0.15, 0.2) is 0 Å². The van der Waals surface area contributed by atoms with Crippen molar-refractivity contribution in [2.75, 3.05) is 11.9 Å². The molecule has 4 heteroatoms. The van der Waals surface area contributed by atoms with Crippen LogP contribution in [0, 0.1) is 12.8 Å². The summed E-state index contributed by atoms with van der Waals surface area (Å²) in [5, 5.41) is 2.86. The molecule has 2 atom stereocenters. The lowest BCUT2D eigenvalue weighted by molar-refractivity contribution is -0.146. The van der Waals surface area contributed by atoms with Crippen molar-refractivity contribution in [1.29, 1.82) is 0 Å². The first-order valence-electron chi connectivity index (χ1n) is 6.19. The van der Waals surface area contributed by atoms with E-state index in [4.69, 9.17) is 4.74 Å². The van der Waals surface area contributed by atoms with E-state index >= 15 is 0 Å². The van der Waals surface area contributed by atoms with Gasteiger partial charge in [0.05, 0.1) is 17.9 Å². The summed E-state index contributed by atoms with van der Waals surface area (Å²) in [7, 11) is 0. The lowest BCUT2D eigenvalue weighted by Crippen LogP contribution is -2.25. The van der Waals surface area contributed by atoms with Gasteiger partial charge in [-0.2, -0.15) is 0 Å². The maximum atomic E-state index is 12.1. The Labute approximate surface area is 105 Å². The maximum absolute atomic E-state index is 12.1. The molecule has 1 aliphatic carbocycles. The zero-order valence-electron chi connectivity index (χ0n) is 10.4. The topological polar surface area (TPSA) is 55.4 Å². The second-order valence-corrected chi connectivity index (χ2v) is 4.98. The van der Waals surface area contributed by atoms with Crippen molar-refractivity contribution < 1.29 is 14.3 Å². The number of aryl methyl sites for hydroxylation is 1. The van der Waals surface area contributed by atoms with Crippen LogP contribution in [0.15, 0.2) is 18.2 Å². The molecule has 0 radical (unpaired) electrons. The van der Waals surface area contributed by atoms with E-state index < -0.39 is 5.41 Å². The number of amides is 1. The summed E-state index contributed by atoms with van der Waals surface area (Å²) in [5.74, 6) is -0.649. The number of carbonyl (C=O) groups excluding carboxylic acids is 2. The van der Waals surface area contributed by atoms with Gasteiger partial charge in [-0.1, -0.05) is 17.7 Å². The number of hydrogen-bond acceptors (Lipinski definition) is 3. The van der Waals surface area contributed by atoms with Crippen LogP contribution < -0.4 is 5.32 Å². The number of nitrogens with one attached hydrogen (secondary N) is 1. The van der Waals surface area contributed by atoms with Crippen molar-refractivity contribution in [1.82, 2.24) is 0 Å². The molecule has 1 heterocycles. The number of esters is 1. The number of fused-ring (bicyclic) bond motifs is 2. The van der Waals surface area contributed by atoms with E-state index in [1.165, 1.54) is 0 Å². The lowest BCUT2D eigenvalue weighted by atomic mass is 9.93. The smallest absolute Gasteiger partial charge is 0.310 e. The molecule has 2 aliphatic rings. The van der Waals surface area contributed by atoms with Crippen LogP contribution in [0.2, 0.25) is 0 Å². The predicted molar refractivity (Wildman–Crippen MR) is 66.2 cm³/mol. The molecule has 1 saturated carbocycles. The van der Waals surface area contributed by atoms with Crippen LogP contribution >= 0.6 is 0 Å². The minimum atomic E-state index is -0.659. The van der Waals surface area contributed by atoms with Gasteiger partial charge in [-0.25, -0.2) is 0 Å². The van der Waals surface area contributed by atoms with E-state index in [1.54, 1.807) is 6.92 Å². The van der Waals surface area contributed by atoms with E-state index in [1.807, 2.05) is 25.1 Å². The average Bonchev–Trinajstić information content (AvgIpc) is 3.02. The van der Waals surface area contributed by atoms with Crippen LogP contribution in [0.3, 0.4) is 0 Å². The minimum absolute atomic E-state index is 0.0684. The van der Waals surface area contributed by atoms with Gasteiger partial charge in [-0.3, -0.25) is 9.59 Å². The van der Waals surface area contributed by atoms with Crippen LogP contribution in [-0.2, 0) is 19.7 Å². The third kappa shape index (κ3) is 1.32. The summed E-state index contributed by atoms with van der Waals surface area (Å²) in [5.41, 5.74) is 2.22. The molecule has 4 nitrogen and oxygen atoms in total. The van der Waals surface area contributed by atoms with Crippen LogP contribution in [0.4, 0.5) is 5.69 Å². The van der Waals surface area contributed by atoms with Gasteiger partial charge in [0.1, 0.15) is 0 Å². The van der Waals surface area contributed by atoms with Crippen molar-refractivity contribution in [3.05, 3.63) is 29.3 Å². The van der Waals surface area contributed by atoms with E-state index in [2.05, 4.69) is 5.32 Å². The molecule has 1 amide bonds. The van der Waals surface area contributed by atoms with Crippen molar-refractivity contribution in [3.63, 3.8) is 0 Å². The first kappa shape index (κ1) is 11.3. The number of ether oxygens (including phenoxy) is 1. The fourth-order valence-electron chi connectivity index (χ4n) is 2.83. The van der Waals surface area contributed by atoms with Gasteiger partial charge in [-0.15, -0.1) is 0 Å². The van der Waals surface area contributed by atoms with Gasteiger partial charge in [0.25, 0.3) is 0 Å². The standard InChI is InChI=1S/C14H15NO3/c1-3-18-12(16)10-7-14(10)9-6-8(2)4-5-11(9)15-13(14)17/h4-6,10H,3,7H2,1-2H3,(H,15,17)/t10-,14-/m1/s1. The third-order valence-electron chi connectivity index (χ3n) is 3.84. The van der Waals surface area contributed by atoms with Crippen molar-refractivity contribution in [3.8, 4) is 0 Å². The predicted octanol–water partition coefficient (Wildman–Crippen LogP) is 1.77. The number of anilines is 1. The van der Waals surface area contributed by atoms with E-state index in [0.717, 1.165) is 16.8 Å². The Morgan fingerprint density at radius 1 is 1.56 bits per heavy atom. The first-order valence-corrected chi connectivity index (χ1v) is 6.19. The van der Waals surface area contributed by atoms with Crippen LogP contribution in [0.25, 0.3) is 0 Å². The Kier molecular flexibility index (Phi) is 2.24. The highest BCUT2D eigenvalue weighted by molar-refractivity contribution is 6.12. The molecule has 0 bridgehead atoms. The van der Waals surface area contributed by atoms with Gasteiger partial charge >= 0.3 is 5.97 Å². The zero-order chi connectivity index (χ0) is 12.9. The summed E-state index contributed by atoms with van der Waals surface area (Å²) in [4.78, 5) is 23.9. The maximum Gasteiger partial charge on any atom is 0.310 e. The van der Waals surface area contributed by atoms with Crippen molar-refractivity contribution in [2.45, 2.75) is 25.7 Å². The molecule has 1 aliphatic heterocycles. The van der Waals surface area contributed by atoms with Gasteiger partial charge in [-0.05, 0) is 31.9 Å². The quantitative estimate of drug-likeness (QED) is 0.808. The SMILES string of the molecule is CCOC(=O)[C@H]1C[C@]12C(=O)Nc1ccc(C)cc12. The molecule has 0 unspecified atom stereocenters. The van der Waals surface area contributed by atoms with Gasteiger partial charge in [0.2, 0.25) is 5.91 Å². The Morgan fingerprint density at radius 3 is 3.06 bits per heavy atom. The second kappa shape index (κ2) is 3.57. The Morgan fingerprint density at radius 2 is 2.33 bits per heavy atom. The number of carbonyl (C=O) groups is 2. The van der Waals surface area contributed by atoms with Crippen LogP contribution in [-0.4, -0.2) is 18.5 Å². The molecule has 1 N–H and O–H groups in total. The van der Waals surface area contributed by atoms with Crippen LogP contribution in [0.5, 0.6) is 0 Å². The normalized spacial score (nSPS) is 27.9. The average molecular weight is 245 g/mol. The van der Waals surface area contributed by atoms with E-state index in [0.29, 0.717) is 13.0 Å². The minimum Gasteiger partial charge on any atom is -0.466 e. The monoisotopic (exact) mass is 245 g/mol. The summed E-state index contributed by atoms with van der Waals surface area (Å²) in [6, 6.07) is 5.85. The van der Waals surface area contributed by atoms with E-state index in [-0.39, 0.29) is 17.8 Å². The summed E-state index contributed by atoms with van der Waals surface area (Å²) in [6.45, 7) is 4.12. The molecule has 3 rings (SSSR count). The summed E-state index contributed by atoms with van der Waals surface area (Å²) in [6.07, 6.45) is 0.564. The summed E-state index contributed by atoms with van der Waals surface area (Å²) < 4.78 is 5.03. The first-order chi connectivity index (χ1) is 8.59. The zero-order valence-corrected chi connectivity index (χ0v) is 10.4. The molecular weight excluding hydrogens is 230 g/mol. The number of rotatable bonds is 2. The Hall–Kier alpha value is -1.84. The molecule has 94 valence electrons. The van der Waals surface area contributed by atoms with Crippen LogP contribution in [0.1, 0.15) is 24.5 Å². The van der Waals surface area contributed by atoms with E-state index in [9.17, 15) is 9.59 Å². The number of hydrogen-bond donors (Lipinski definition) is 1. The number of benzene rings is 1. The summed E-state index contributed by atoms with van der Waals surface area (Å²) >= 11 is 0. The largest absolute Gasteiger partial charge is 0.466 e. The lowest BCUT2D eigenvalue weighted by Gasteiger charge is -2.08. The molecule has 1 spiro atoms. The Balaban J connectivity index is 1.99. The fourth-order valence-corrected chi connectivity index (χ4v) is 2.83. The molecule has 1 aromatic carbocycles. The molecule has 0 aromatic heterocycles. The van der Waals surface area contributed by atoms with Gasteiger partial charge in [0, 0.05) is 5.69 Å². The highest BCUT2D eigenvalue weighted by Gasteiger charge is 2.68. The van der Waals surface area contributed by atoms with Gasteiger partial charge < -0.3 is 10.1 Å². The third-order valence-corrected chi connectivity index (χ3v) is 3.84. The molecule has 1 aromatic rings. The molecule has 0 saturated heterocycles. The Bertz CT molecular complexity index is 552. The highest BCUT2D eigenvalue weighted by Crippen LogP contribution is 2.60. The highest BCUT2D eigenvalue weighted by atomic mass is 16.5. The fraction of sp³-hybridized carbons (Fsp3) is 0.429. The molecule has 1 fully saturated rings. The molecule has 18 heavy (non-hydrogen) atoms.